The highest BCUT2D eigenvalue weighted by Gasteiger charge is 2.23. The molecule has 0 saturated carbocycles. The second kappa shape index (κ2) is 7.40. The monoisotopic (exact) mass is 338 g/mol. The van der Waals surface area contributed by atoms with Gasteiger partial charge in [-0.15, -0.1) is 12.4 Å². The first-order valence-corrected chi connectivity index (χ1v) is 6.52. The van der Waals surface area contributed by atoms with Crippen molar-refractivity contribution in [1.29, 1.82) is 0 Å². The van der Waals surface area contributed by atoms with Gasteiger partial charge >= 0.3 is 0 Å². The van der Waals surface area contributed by atoms with E-state index in [0.717, 1.165) is 30.7 Å². The van der Waals surface area contributed by atoms with E-state index in [0.29, 0.717) is 5.56 Å². The summed E-state index contributed by atoms with van der Waals surface area (Å²) in [5.41, 5.74) is 0.559. The molecular weight excluding hydrogens is 323 g/mol. The number of hydrogen-bond donors (Lipinski definition) is 2. The van der Waals surface area contributed by atoms with Crippen LogP contribution in [0.25, 0.3) is 0 Å². The molecule has 0 radical (unpaired) electrons. The number of nitrogens with one attached hydrogen (secondary N) is 1. The van der Waals surface area contributed by atoms with Crippen LogP contribution in [0.1, 0.15) is 11.6 Å². The third-order valence-corrected chi connectivity index (χ3v) is 3.58. The Hall–Kier alpha value is -0.200. The minimum absolute atomic E-state index is 0. The summed E-state index contributed by atoms with van der Waals surface area (Å²) in [5.74, 6) is -0.259. The molecule has 2 rings (SSSR count). The van der Waals surface area contributed by atoms with E-state index in [-0.39, 0.29) is 30.9 Å². The maximum atomic E-state index is 13.8. The number of nitrogens with zero attached hydrogens (tertiary/aromatic N) is 1. The molecule has 1 aliphatic rings. The fourth-order valence-electron chi connectivity index (χ4n) is 2.17. The van der Waals surface area contributed by atoms with E-state index in [1.165, 1.54) is 6.07 Å². The molecular formula is C12H17BrClFN2O. The van der Waals surface area contributed by atoms with Crippen LogP contribution in [0.15, 0.2) is 22.7 Å². The number of rotatable bonds is 3. The van der Waals surface area contributed by atoms with Gasteiger partial charge in [-0.1, -0.05) is 15.9 Å². The van der Waals surface area contributed by atoms with Crippen molar-refractivity contribution < 1.29 is 9.50 Å². The van der Waals surface area contributed by atoms with Gasteiger partial charge in [0.15, 0.2) is 0 Å². The van der Waals surface area contributed by atoms with E-state index < -0.39 is 0 Å². The number of halogens is 3. The number of piperazine rings is 1. The average Bonchev–Trinajstić information content (AvgIpc) is 2.36. The van der Waals surface area contributed by atoms with Crippen molar-refractivity contribution in [3.05, 3.63) is 34.1 Å². The Morgan fingerprint density at radius 1 is 1.39 bits per heavy atom. The third kappa shape index (κ3) is 3.65. The summed E-state index contributed by atoms with van der Waals surface area (Å²) in [5, 5.41) is 12.7. The van der Waals surface area contributed by atoms with Crippen LogP contribution < -0.4 is 5.32 Å². The fraction of sp³-hybridized carbons (Fsp3) is 0.500. The summed E-state index contributed by atoms with van der Waals surface area (Å²) >= 11 is 3.34. The van der Waals surface area contributed by atoms with Crippen molar-refractivity contribution in [3.63, 3.8) is 0 Å². The Bertz CT molecular complexity index is 388. The van der Waals surface area contributed by atoms with Gasteiger partial charge in [-0.2, -0.15) is 0 Å². The Labute approximate surface area is 121 Å². The molecule has 1 aromatic carbocycles. The summed E-state index contributed by atoms with van der Waals surface area (Å²) < 4.78 is 14.6. The molecule has 0 bridgehead atoms. The summed E-state index contributed by atoms with van der Waals surface area (Å²) in [7, 11) is 0. The highest BCUT2D eigenvalue weighted by Crippen LogP contribution is 2.26. The summed E-state index contributed by atoms with van der Waals surface area (Å²) in [4.78, 5) is 2.11. The lowest BCUT2D eigenvalue weighted by atomic mass is 10.0. The summed E-state index contributed by atoms with van der Waals surface area (Å²) in [6.07, 6.45) is 0. The minimum Gasteiger partial charge on any atom is -0.394 e. The molecule has 0 spiro atoms. The highest BCUT2D eigenvalue weighted by atomic mass is 79.9. The lowest BCUT2D eigenvalue weighted by Crippen LogP contribution is -2.46. The summed E-state index contributed by atoms with van der Waals surface area (Å²) in [6, 6.07) is 4.60. The van der Waals surface area contributed by atoms with E-state index in [4.69, 9.17) is 0 Å². The number of benzene rings is 1. The second-order valence-corrected chi connectivity index (χ2v) is 5.07. The average molecular weight is 340 g/mol. The van der Waals surface area contributed by atoms with E-state index in [9.17, 15) is 9.50 Å². The maximum Gasteiger partial charge on any atom is 0.128 e. The molecule has 1 aromatic rings. The van der Waals surface area contributed by atoms with Crippen LogP contribution in [-0.4, -0.2) is 42.8 Å². The van der Waals surface area contributed by atoms with Crippen molar-refractivity contribution in [2.45, 2.75) is 6.04 Å². The first-order valence-electron chi connectivity index (χ1n) is 5.73. The Morgan fingerprint density at radius 3 is 2.67 bits per heavy atom. The lowest BCUT2D eigenvalue weighted by molar-refractivity contribution is 0.108. The van der Waals surface area contributed by atoms with E-state index in [1.54, 1.807) is 12.1 Å². The smallest absolute Gasteiger partial charge is 0.128 e. The third-order valence-electron chi connectivity index (χ3n) is 3.08. The van der Waals surface area contributed by atoms with Crippen LogP contribution in [0.3, 0.4) is 0 Å². The predicted molar refractivity (Wildman–Crippen MR) is 75.6 cm³/mol. The molecule has 3 nitrogen and oxygen atoms in total. The minimum atomic E-state index is -0.259. The van der Waals surface area contributed by atoms with Gasteiger partial charge in [0.2, 0.25) is 0 Å². The first-order chi connectivity index (χ1) is 8.22. The zero-order chi connectivity index (χ0) is 12.3. The van der Waals surface area contributed by atoms with Crippen LogP contribution >= 0.6 is 28.3 Å². The molecule has 1 fully saturated rings. The maximum absolute atomic E-state index is 13.8. The van der Waals surface area contributed by atoms with Crippen LogP contribution in [0.2, 0.25) is 0 Å². The Kier molecular flexibility index (Phi) is 6.52. The van der Waals surface area contributed by atoms with Gasteiger partial charge in [0, 0.05) is 36.2 Å². The van der Waals surface area contributed by atoms with Gasteiger partial charge in [0.1, 0.15) is 5.82 Å². The zero-order valence-corrected chi connectivity index (χ0v) is 12.3. The van der Waals surface area contributed by atoms with Crippen molar-refractivity contribution >= 4 is 28.3 Å². The molecule has 1 aliphatic heterocycles. The van der Waals surface area contributed by atoms with E-state index in [1.807, 2.05) is 0 Å². The van der Waals surface area contributed by atoms with E-state index in [2.05, 4.69) is 26.1 Å². The van der Waals surface area contributed by atoms with Crippen LogP contribution in [-0.2, 0) is 0 Å². The standard InChI is InChI=1S/C12H16BrFN2O.ClH/c13-9-1-2-11(14)10(7-9)12(8-17)16-5-3-15-4-6-16;/h1-2,7,12,15,17H,3-6,8H2;1H/t12-;/m1./s1. The number of aliphatic hydroxyl groups is 1. The molecule has 102 valence electrons. The quantitative estimate of drug-likeness (QED) is 0.883. The Balaban J connectivity index is 0.00000162. The zero-order valence-electron chi connectivity index (χ0n) is 9.90. The molecule has 1 atom stereocenters. The molecule has 1 heterocycles. The van der Waals surface area contributed by atoms with E-state index >= 15 is 0 Å². The SMILES string of the molecule is Cl.OC[C@H](c1cc(Br)ccc1F)N1CCNCC1. The van der Waals surface area contributed by atoms with Crippen molar-refractivity contribution in [1.82, 2.24) is 10.2 Å². The molecule has 6 heteroatoms. The largest absolute Gasteiger partial charge is 0.394 e. The van der Waals surface area contributed by atoms with Gasteiger partial charge in [-0.25, -0.2) is 4.39 Å². The Morgan fingerprint density at radius 2 is 2.06 bits per heavy atom. The van der Waals surface area contributed by atoms with Crippen LogP contribution in [0, 0.1) is 5.82 Å². The molecule has 0 amide bonds. The molecule has 0 aromatic heterocycles. The number of hydrogen-bond acceptors (Lipinski definition) is 3. The van der Waals surface area contributed by atoms with Crippen molar-refractivity contribution in [3.8, 4) is 0 Å². The molecule has 0 aliphatic carbocycles. The van der Waals surface area contributed by atoms with Gasteiger partial charge in [-0.05, 0) is 18.2 Å². The van der Waals surface area contributed by atoms with Gasteiger partial charge < -0.3 is 10.4 Å². The number of aliphatic hydroxyl groups excluding tert-OH is 1. The van der Waals surface area contributed by atoms with Crippen molar-refractivity contribution in [2.24, 2.45) is 0 Å². The molecule has 2 N–H and O–H groups in total. The second-order valence-electron chi connectivity index (χ2n) is 4.15. The summed E-state index contributed by atoms with van der Waals surface area (Å²) in [6.45, 7) is 3.36. The van der Waals surface area contributed by atoms with Crippen LogP contribution in [0.4, 0.5) is 4.39 Å². The van der Waals surface area contributed by atoms with Crippen LogP contribution in [0.5, 0.6) is 0 Å². The topological polar surface area (TPSA) is 35.5 Å². The fourth-order valence-corrected chi connectivity index (χ4v) is 2.55. The normalized spacial score (nSPS) is 18.2. The predicted octanol–water partition coefficient (Wildman–Crippen LogP) is 1.95. The van der Waals surface area contributed by atoms with Gasteiger partial charge in [0.25, 0.3) is 0 Å². The van der Waals surface area contributed by atoms with Gasteiger partial charge in [-0.3, -0.25) is 4.90 Å². The molecule has 0 unspecified atom stereocenters. The molecule has 1 saturated heterocycles. The lowest BCUT2D eigenvalue weighted by Gasteiger charge is -2.34. The highest BCUT2D eigenvalue weighted by molar-refractivity contribution is 9.10. The van der Waals surface area contributed by atoms with Gasteiger partial charge in [0.05, 0.1) is 12.6 Å². The van der Waals surface area contributed by atoms with Crippen molar-refractivity contribution in [2.75, 3.05) is 32.8 Å². The first kappa shape index (κ1) is 15.9. The molecule has 18 heavy (non-hydrogen) atoms.